The van der Waals surface area contributed by atoms with Gasteiger partial charge in [0.15, 0.2) is 0 Å². The Morgan fingerprint density at radius 1 is 1.30 bits per heavy atom. The maximum atomic E-state index is 12.5. The lowest BCUT2D eigenvalue weighted by Gasteiger charge is -2.33. The van der Waals surface area contributed by atoms with E-state index in [1.54, 1.807) is 6.92 Å². The SMILES string of the molecule is CCOC(=O)CCc1c(C)c2cc3c(c(C)c2oc1=O)OCN(C(C)C)C3. The predicted molar refractivity (Wildman–Crippen MR) is 103 cm³/mol. The molecular formula is C21H27NO5. The molecule has 0 aliphatic carbocycles. The maximum absolute atomic E-state index is 12.5. The fourth-order valence-electron chi connectivity index (χ4n) is 3.54. The zero-order valence-corrected chi connectivity index (χ0v) is 16.7. The highest BCUT2D eigenvalue weighted by Crippen LogP contribution is 2.36. The van der Waals surface area contributed by atoms with Crippen LogP contribution in [0, 0.1) is 13.8 Å². The Morgan fingerprint density at radius 3 is 2.70 bits per heavy atom. The summed E-state index contributed by atoms with van der Waals surface area (Å²) in [5.74, 6) is 0.500. The van der Waals surface area contributed by atoms with E-state index in [4.69, 9.17) is 13.9 Å². The minimum absolute atomic E-state index is 0.166. The quantitative estimate of drug-likeness (QED) is 0.590. The third kappa shape index (κ3) is 3.72. The summed E-state index contributed by atoms with van der Waals surface area (Å²) < 4.78 is 16.6. The van der Waals surface area contributed by atoms with Gasteiger partial charge < -0.3 is 13.9 Å². The average Bonchev–Trinajstić information content (AvgIpc) is 2.62. The molecule has 1 aromatic heterocycles. The zero-order valence-electron chi connectivity index (χ0n) is 16.7. The van der Waals surface area contributed by atoms with Crippen molar-refractivity contribution >= 4 is 16.9 Å². The monoisotopic (exact) mass is 373 g/mol. The van der Waals surface area contributed by atoms with Crippen LogP contribution in [0.1, 0.15) is 49.4 Å². The van der Waals surface area contributed by atoms with E-state index < -0.39 is 5.63 Å². The van der Waals surface area contributed by atoms with Gasteiger partial charge in [-0.3, -0.25) is 9.69 Å². The van der Waals surface area contributed by atoms with Crippen LogP contribution in [0.15, 0.2) is 15.3 Å². The summed E-state index contributed by atoms with van der Waals surface area (Å²) in [5, 5.41) is 0.902. The van der Waals surface area contributed by atoms with Crippen molar-refractivity contribution in [1.82, 2.24) is 4.90 Å². The Bertz CT molecular complexity index is 929. The standard InChI is InChI=1S/C21H27NO5/c1-6-25-18(23)8-7-16-13(4)17-9-15-10-22(12(2)3)11-26-19(15)14(5)20(17)27-21(16)24/h9,12H,6-8,10-11H2,1-5H3. The molecule has 1 aliphatic rings. The first-order valence-corrected chi connectivity index (χ1v) is 9.44. The fraction of sp³-hybridized carbons (Fsp3) is 0.524. The lowest BCUT2D eigenvalue weighted by molar-refractivity contribution is -0.143. The molecule has 1 aliphatic heterocycles. The van der Waals surface area contributed by atoms with E-state index in [-0.39, 0.29) is 12.4 Å². The maximum Gasteiger partial charge on any atom is 0.339 e. The fourth-order valence-corrected chi connectivity index (χ4v) is 3.54. The topological polar surface area (TPSA) is 69.0 Å². The largest absolute Gasteiger partial charge is 0.477 e. The number of aryl methyl sites for hydroxylation is 2. The summed E-state index contributed by atoms with van der Waals surface area (Å²) in [6.45, 7) is 11.5. The van der Waals surface area contributed by atoms with E-state index in [0.717, 1.165) is 34.4 Å². The first-order chi connectivity index (χ1) is 12.8. The van der Waals surface area contributed by atoms with Crippen molar-refractivity contribution in [1.29, 1.82) is 0 Å². The minimum atomic E-state index is -0.396. The molecule has 0 N–H and O–H groups in total. The molecule has 0 bridgehead atoms. The van der Waals surface area contributed by atoms with Crippen LogP contribution < -0.4 is 10.4 Å². The molecule has 0 radical (unpaired) electrons. The summed E-state index contributed by atoms with van der Waals surface area (Å²) in [6, 6.07) is 2.43. The van der Waals surface area contributed by atoms with Gasteiger partial charge >= 0.3 is 11.6 Å². The molecule has 3 rings (SSSR count). The average molecular weight is 373 g/mol. The van der Waals surface area contributed by atoms with E-state index in [1.807, 2.05) is 13.8 Å². The van der Waals surface area contributed by atoms with Crippen molar-refractivity contribution in [3.05, 3.63) is 38.7 Å². The summed E-state index contributed by atoms with van der Waals surface area (Å²) in [5.41, 5.74) is 3.50. The third-order valence-corrected chi connectivity index (χ3v) is 5.20. The number of carbonyl (C=O) groups is 1. The molecule has 6 heteroatoms. The molecule has 0 saturated heterocycles. The molecule has 0 fully saturated rings. The first-order valence-electron chi connectivity index (χ1n) is 9.44. The van der Waals surface area contributed by atoms with Crippen LogP contribution in [-0.4, -0.2) is 30.2 Å². The Morgan fingerprint density at radius 2 is 2.04 bits per heavy atom. The first kappa shape index (κ1) is 19.4. The minimum Gasteiger partial charge on any atom is -0.477 e. The van der Waals surface area contributed by atoms with Crippen LogP contribution >= 0.6 is 0 Å². The number of nitrogens with zero attached hydrogens (tertiary/aromatic N) is 1. The number of hydrogen-bond donors (Lipinski definition) is 0. The number of ether oxygens (including phenoxy) is 2. The highest BCUT2D eigenvalue weighted by Gasteiger charge is 2.25. The van der Waals surface area contributed by atoms with Crippen molar-refractivity contribution in [3.63, 3.8) is 0 Å². The molecule has 6 nitrogen and oxygen atoms in total. The lowest BCUT2D eigenvalue weighted by atomic mass is 9.97. The zero-order chi connectivity index (χ0) is 19.7. The Kier molecular flexibility index (Phi) is 5.56. The number of benzene rings is 1. The highest BCUT2D eigenvalue weighted by atomic mass is 16.5. The second-order valence-corrected chi connectivity index (χ2v) is 7.28. The van der Waals surface area contributed by atoms with Crippen LogP contribution in [0.25, 0.3) is 11.0 Å². The number of carbonyl (C=O) groups excluding carboxylic acids is 1. The molecular weight excluding hydrogens is 346 g/mol. The van der Waals surface area contributed by atoms with E-state index in [1.165, 1.54) is 0 Å². The van der Waals surface area contributed by atoms with E-state index >= 15 is 0 Å². The van der Waals surface area contributed by atoms with Crippen molar-refractivity contribution < 1.29 is 18.7 Å². The van der Waals surface area contributed by atoms with Gasteiger partial charge in [0.1, 0.15) is 18.1 Å². The third-order valence-electron chi connectivity index (χ3n) is 5.20. The van der Waals surface area contributed by atoms with E-state index in [0.29, 0.717) is 36.9 Å². The molecule has 0 spiro atoms. The van der Waals surface area contributed by atoms with Gasteiger partial charge in [0.05, 0.1) is 6.61 Å². The Balaban J connectivity index is 2.04. The molecule has 27 heavy (non-hydrogen) atoms. The van der Waals surface area contributed by atoms with Crippen molar-refractivity contribution in [3.8, 4) is 5.75 Å². The van der Waals surface area contributed by atoms with Gasteiger partial charge in [0.25, 0.3) is 0 Å². The van der Waals surface area contributed by atoms with Crippen LogP contribution in [0.5, 0.6) is 5.75 Å². The summed E-state index contributed by atoms with van der Waals surface area (Å²) >= 11 is 0. The van der Waals surface area contributed by atoms with Crippen LogP contribution in [-0.2, 0) is 22.5 Å². The number of fused-ring (bicyclic) bond motifs is 2. The van der Waals surface area contributed by atoms with Gasteiger partial charge in [-0.25, -0.2) is 4.79 Å². The van der Waals surface area contributed by atoms with Crippen molar-refractivity contribution in [2.75, 3.05) is 13.3 Å². The number of esters is 1. The molecule has 2 aromatic rings. The second-order valence-electron chi connectivity index (χ2n) is 7.28. The van der Waals surface area contributed by atoms with Gasteiger partial charge in [-0.15, -0.1) is 0 Å². The van der Waals surface area contributed by atoms with Gasteiger partial charge in [0, 0.05) is 41.1 Å². The number of rotatable bonds is 5. The molecule has 0 saturated carbocycles. The second kappa shape index (κ2) is 7.72. The Hall–Kier alpha value is -2.34. The van der Waals surface area contributed by atoms with E-state index in [2.05, 4.69) is 24.8 Å². The summed E-state index contributed by atoms with van der Waals surface area (Å²) in [6.07, 6.45) is 0.479. The summed E-state index contributed by atoms with van der Waals surface area (Å²) in [4.78, 5) is 26.4. The molecule has 2 heterocycles. The van der Waals surface area contributed by atoms with Crippen molar-refractivity contribution in [2.24, 2.45) is 0 Å². The van der Waals surface area contributed by atoms with Gasteiger partial charge in [-0.05, 0) is 52.7 Å². The van der Waals surface area contributed by atoms with Crippen LogP contribution in [0.3, 0.4) is 0 Å². The number of hydrogen-bond acceptors (Lipinski definition) is 6. The van der Waals surface area contributed by atoms with Gasteiger partial charge in [-0.2, -0.15) is 0 Å². The molecule has 0 amide bonds. The van der Waals surface area contributed by atoms with Crippen molar-refractivity contribution in [2.45, 2.75) is 60.0 Å². The lowest BCUT2D eigenvalue weighted by Crippen LogP contribution is -2.37. The summed E-state index contributed by atoms with van der Waals surface area (Å²) in [7, 11) is 0. The van der Waals surface area contributed by atoms with Gasteiger partial charge in [-0.1, -0.05) is 0 Å². The molecule has 0 unspecified atom stereocenters. The molecule has 0 atom stereocenters. The Labute approximate surface area is 159 Å². The molecule has 146 valence electrons. The highest BCUT2D eigenvalue weighted by molar-refractivity contribution is 5.87. The van der Waals surface area contributed by atoms with E-state index in [9.17, 15) is 9.59 Å². The van der Waals surface area contributed by atoms with Crippen LogP contribution in [0.4, 0.5) is 0 Å². The smallest absolute Gasteiger partial charge is 0.339 e. The van der Waals surface area contributed by atoms with Gasteiger partial charge in [0.2, 0.25) is 0 Å². The molecule has 1 aromatic carbocycles. The predicted octanol–water partition coefficient (Wildman–Crippen LogP) is 3.47. The normalized spacial score (nSPS) is 14.3. The van der Waals surface area contributed by atoms with Crippen LogP contribution in [0.2, 0.25) is 0 Å².